The summed E-state index contributed by atoms with van der Waals surface area (Å²) >= 11 is 0. The first-order chi connectivity index (χ1) is 14.3. The highest BCUT2D eigenvalue weighted by Gasteiger charge is 2.41. The van der Waals surface area contributed by atoms with Crippen LogP contribution in [0.2, 0.25) is 0 Å². The molecule has 0 spiro atoms. The zero-order chi connectivity index (χ0) is 20.1. The Kier molecular flexibility index (Phi) is 5.16. The minimum absolute atomic E-state index is 0.0704. The van der Waals surface area contributed by atoms with Crippen LogP contribution in [-0.2, 0) is 10.3 Å². The molecule has 0 aliphatic carbocycles. The Morgan fingerprint density at radius 3 is 1.69 bits per heavy atom. The Morgan fingerprint density at radius 2 is 1.28 bits per heavy atom. The normalized spacial score (nSPS) is 11.2. The van der Waals surface area contributed by atoms with E-state index < -0.39 is 11.5 Å². The van der Waals surface area contributed by atoms with Gasteiger partial charge in [0.2, 0.25) is 0 Å². The van der Waals surface area contributed by atoms with Crippen molar-refractivity contribution in [2.75, 3.05) is 6.61 Å². The lowest BCUT2D eigenvalue weighted by molar-refractivity contribution is 0.0511. The fourth-order valence-corrected chi connectivity index (χ4v) is 3.52. The van der Waals surface area contributed by atoms with Crippen LogP contribution in [0.1, 0.15) is 34.2 Å². The summed E-state index contributed by atoms with van der Waals surface area (Å²) in [7, 11) is 0. The molecular formula is C23H20N4O2. The summed E-state index contributed by atoms with van der Waals surface area (Å²) in [4.78, 5) is 13.7. The molecule has 0 N–H and O–H groups in total. The van der Waals surface area contributed by atoms with Gasteiger partial charge in [-0.25, -0.2) is 4.79 Å². The zero-order valence-corrected chi connectivity index (χ0v) is 16.0. The first kappa shape index (κ1) is 18.6. The Morgan fingerprint density at radius 1 is 0.828 bits per heavy atom. The van der Waals surface area contributed by atoms with Crippen LogP contribution in [0.5, 0.6) is 0 Å². The van der Waals surface area contributed by atoms with Crippen molar-refractivity contribution in [3.05, 3.63) is 114 Å². The molecule has 0 saturated carbocycles. The predicted molar refractivity (Wildman–Crippen MR) is 108 cm³/mol. The van der Waals surface area contributed by atoms with E-state index in [1.54, 1.807) is 6.92 Å². The molecule has 0 unspecified atom stereocenters. The smallest absolute Gasteiger partial charge is 0.380 e. The number of carbonyl (C=O) groups excluding carboxylic acids is 1. The lowest BCUT2D eigenvalue weighted by Gasteiger charge is -2.34. The van der Waals surface area contributed by atoms with Crippen molar-refractivity contribution in [3.63, 3.8) is 0 Å². The number of ether oxygens (including phenoxy) is 1. The zero-order valence-electron chi connectivity index (χ0n) is 16.0. The Balaban J connectivity index is 2.03. The van der Waals surface area contributed by atoms with E-state index in [-0.39, 0.29) is 12.4 Å². The molecular weight excluding hydrogens is 364 g/mol. The largest absolute Gasteiger partial charge is 0.460 e. The van der Waals surface area contributed by atoms with Crippen molar-refractivity contribution < 1.29 is 9.53 Å². The van der Waals surface area contributed by atoms with Crippen LogP contribution in [0.15, 0.2) is 91.0 Å². The molecule has 3 aromatic carbocycles. The van der Waals surface area contributed by atoms with E-state index >= 15 is 0 Å². The number of hydrogen-bond acceptors (Lipinski definition) is 5. The van der Waals surface area contributed by atoms with Gasteiger partial charge in [-0.2, -0.15) is 0 Å². The standard InChI is InChI=1S/C23H20N4O2/c1-2-29-22(28)21-24-26-27(25-21)23(18-12-6-3-7-13-18,19-14-8-4-9-15-19)20-16-10-5-11-17-20/h3-17H,2H2,1H3. The van der Waals surface area contributed by atoms with Crippen LogP contribution < -0.4 is 0 Å². The SMILES string of the molecule is CCOC(=O)c1nnn(C(c2ccccc2)(c2ccccc2)c2ccccc2)n1. The van der Waals surface area contributed by atoms with Crippen molar-refractivity contribution >= 4 is 5.97 Å². The van der Waals surface area contributed by atoms with Crippen molar-refractivity contribution in [2.24, 2.45) is 0 Å². The molecule has 4 aromatic rings. The monoisotopic (exact) mass is 384 g/mol. The summed E-state index contributed by atoms with van der Waals surface area (Å²) in [5.41, 5.74) is 1.95. The van der Waals surface area contributed by atoms with Crippen molar-refractivity contribution in [1.82, 2.24) is 20.2 Å². The van der Waals surface area contributed by atoms with E-state index in [9.17, 15) is 4.79 Å². The highest BCUT2D eigenvalue weighted by atomic mass is 16.5. The summed E-state index contributed by atoms with van der Waals surface area (Å²) < 4.78 is 5.05. The fraction of sp³-hybridized carbons (Fsp3) is 0.130. The lowest BCUT2D eigenvalue weighted by atomic mass is 9.77. The van der Waals surface area contributed by atoms with Gasteiger partial charge in [-0.15, -0.1) is 15.0 Å². The van der Waals surface area contributed by atoms with Gasteiger partial charge in [-0.05, 0) is 28.8 Å². The van der Waals surface area contributed by atoms with Gasteiger partial charge in [0.1, 0.15) is 0 Å². The van der Waals surface area contributed by atoms with E-state index in [2.05, 4.69) is 15.4 Å². The van der Waals surface area contributed by atoms with Crippen LogP contribution in [-0.4, -0.2) is 32.8 Å². The van der Waals surface area contributed by atoms with Gasteiger partial charge >= 0.3 is 5.97 Å². The molecule has 1 heterocycles. The quantitative estimate of drug-likeness (QED) is 0.375. The number of rotatable bonds is 6. The molecule has 0 amide bonds. The maximum absolute atomic E-state index is 12.2. The number of carbonyl (C=O) groups is 1. The molecule has 6 heteroatoms. The number of esters is 1. The topological polar surface area (TPSA) is 69.9 Å². The van der Waals surface area contributed by atoms with E-state index in [1.165, 1.54) is 4.80 Å². The van der Waals surface area contributed by atoms with Gasteiger partial charge in [0.05, 0.1) is 6.61 Å². The predicted octanol–water partition coefficient (Wildman–Crippen LogP) is 3.69. The van der Waals surface area contributed by atoms with Gasteiger partial charge in [0.25, 0.3) is 5.82 Å². The molecule has 0 atom stereocenters. The maximum atomic E-state index is 12.2. The van der Waals surface area contributed by atoms with E-state index in [4.69, 9.17) is 4.74 Å². The van der Waals surface area contributed by atoms with Gasteiger partial charge in [-0.3, -0.25) is 0 Å². The van der Waals surface area contributed by atoms with Crippen molar-refractivity contribution in [3.8, 4) is 0 Å². The number of benzene rings is 3. The van der Waals surface area contributed by atoms with Crippen LogP contribution >= 0.6 is 0 Å². The summed E-state index contributed by atoms with van der Waals surface area (Å²) in [6.45, 7) is 1.99. The molecule has 0 aliphatic heterocycles. The second kappa shape index (κ2) is 8.06. The molecule has 0 fully saturated rings. The lowest BCUT2D eigenvalue weighted by Crippen LogP contribution is -2.39. The number of aromatic nitrogens is 4. The average molecular weight is 384 g/mol. The van der Waals surface area contributed by atoms with Crippen LogP contribution in [0.4, 0.5) is 0 Å². The van der Waals surface area contributed by atoms with Crippen molar-refractivity contribution in [2.45, 2.75) is 12.5 Å². The van der Waals surface area contributed by atoms with E-state index in [0.717, 1.165) is 16.7 Å². The third-order valence-corrected chi connectivity index (χ3v) is 4.75. The maximum Gasteiger partial charge on any atom is 0.380 e. The Bertz CT molecular complexity index is 983. The van der Waals surface area contributed by atoms with E-state index in [1.807, 2.05) is 91.0 Å². The summed E-state index contributed by atoms with van der Waals surface area (Å²) in [6, 6.07) is 29.8. The molecule has 0 aliphatic rings. The fourth-order valence-electron chi connectivity index (χ4n) is 3.52. The highest BCUT2D eigenvalue weighted by Crippen LogP contribution is 2.39. The second-order valence-corrected chi connectivity index (χ2v) is 6.43. The molecule has 0 radical (unpaired) electrons. The summed E-state index contributed by atoms with van der Waals surface area (Å²) in [6.07, 6.45) is 0. The van der Waals surface area contributed by atoms with Crippen LogP contribution in [0, 0.1) is 0 Å². The first-order valence-corrected chi connectivity index (χ1v) is 9.41. The summed E-state index contributed by atoms with van der Waals surface area (Å²) in [5.74, 6) is -0.666. The third kappa shape index (κ3) is 3.29. The van der Waals surface area contributed by atoms with Gasteiger partial charge in [0.15, 0.2) is 5.54 Å². The third-order valence-electron chi connectivity index (χ3n) is 4.75. The molecule has 0 saturated heterocycles. The molecule has 0 bridgehead atoms. The molecule has 29 heavy (non-hydrogen) atoms. The van der Waals surface area contributed by atoms with Gasteiger partial charge in [0, 0.05) is 0 Å². The molecule has 144 valence electrons. The molecule has 1 aromatic heterocycles. The minimum Gasteiger partial charge on any atom is -0.460 e. The Labute approximate surface area is 168 Å². The molecule has 4 rings (SSSR count). The second-order valence-electron chi connectivity index (χ2n) is 6.43. The van der Waals surface area contributed by atoms with Gasteiger partial charge < -0.3 is 4.74 Å². The van der Waals surface area contributed by atoms with Crippen LogP contribution in [0.25, 0.3) is 0 Å². The van der Waals surface area contributed by atoms with Gasteiger partial charge in [-0.1, -0.05) is 91.0 Å². The summed E-state index contributed by atoms with van der Waals surface area (Å²) in [5, 5.41) is 12.7. The minimum atomic E-state index is -0.901. The molecule has 6 nitrogen and oxygen atoms in total. The number of nitrogens with zero attached hydrogens (tertiary/aromatic N) is 4. The first-order valence-electron chi connectivity index (χ1n) is 9.41. The number of hydrogen-bond donors (Lipinski definition) is 0. The van der Waals surface area contributed by atoms with Crippen LogP contribution in [0.3, 0.4) is 0 Å². The Hall–Kier alpha value is -3.80. The van der Waals surface area contributed by atoms with E-state index in [0.29, 0.717) is 0 Å². The average Bonchev–Trinajstić information content (AvgIpc) is 3.27. The number of tetrazole rings is 1. The highest BCUT2D eigenvalue weighted by molar-refractivity contribution is 5.84. The van der Waals surface area contributed by atoms with Crippen molar-refractivity contribution in [1.29, 1.82) is 0 Å².